The van der Waals surface area contributed by atoms with Gasteiger partial charge in [-0.05, 0) is 25.3 Å². The summed E-state index contributed by atoms with van der Waals surface area (Å²) < 4.78 is 0. The maximum Gasteiger partial charge on any atom is 0.226 e. The first kappa shape index (κ1) is 12.1. The fourth-order valence-corrected chi connectivity index (χ4v) is 2.58. The van der Waals surface area contributed by atoms with E-state index >= 15 is 0 Å². The van der Waals surface area contributed by atoms with Crippen LogP contribution >= 0.6 is 0 Å². The lowest BCUT2D eigenvalue weighted by atomic mass is 9.91. The normalized spacial score (nSPS) is 22.9. The number of nitrogens with one attached hydrogen (secondary N) is 1. The molecule has 1 atom stereocenters. The van der Waals surface area contributed by atoms with Crippen molar-refractivity contribution in [3.8, 4) is 0 Å². The summed E-state index contributed by atoms with van der Waals surface area (Å²) in [5, 5.41) is 3.24. The van der Waals surface area contributed by atoms with Gasteiger partial charge < -0.3 is 10.2 Å². The van der Waals surface area contributed by atoms with E-state index < -0.39 is 0 Å². The molecule has 1 N–H and O–H groups in total. The van der Waals surface area contributed by atoms with Crippen molar-refractivity contribution < 1.29 is 4.79 Å². The Bertz CT molecular complexity index is 468. The minimum Gasteiger partial charge on any atom is -0.348 e. The topological polar surface area (TPSA) is 58.1 Å². The molecule has 0 spiro atoms. The Hall–Kier alpha value is -1.91. The van der Waals surface area contributed by atoms with Crippen LogP contribution in [-0.4, -0.2) is 39.9 Å². The van der Waals surface area contributed by atoms with E-state index in [0.29, 0.717) is 11.9 Å². The Morgan fingerprint density at radius 1 is 1.26 bits per heavy atom. The zero-order valence-electron chi connectivity index (χ0n) is 10.8. The van der Waals surface area contributed by atoms with E-state index in [0.717, 1.165) is 32.4 Å². The zero-order chi connectivity index (χ0) is 13.1. The van der Waals surface area contributed by atoms with Crippen LogP contribution in [0.15, 0.2) is 30.6 Å². The van der Waals surface area contributed by atoms with Crippen molar-refractivity contribution in [3.05, 3.63) is 30.6 Å². The Balaban J connectivity index is 1.47. The molecule has 1 aliphatic carbocycles. The average molecular weight is 258 g/mol. The van der Waals surface area contributed by atoms with Crippen LogP contribution in [0.4, 0.5) is 5.95 Å². The number of allylic oxidation sites excluding steroid dienone is 2. The number of anilines is 1. The van der Waals surface area contributed by atoms with Gasteiger partial charge in [0.1, 0.15) is 0 Å². The first-order valence-electron chi connectivity index (χ1n) is 6.80. The maximum atomic E-state index is 12.2. The molecule has 5 nitrogen and oxygen atoms in total. The second-order valence-corrected chi connectivity index (χ2v) is 5.14. The largest absolute Gasteiger partial charge is 0.348 e. The Kier molecular flexibility index (Phi) is 3.44. The molecule has 0 unspecified atom stereocenters. The van der Waals surface area contributed by atoms with Crippen molar-refractivity contribution >= 4 is 11.9 Å². The van der Waals surface area contributed by atoms with Crippen molar-refractivity contribution in [1.82, 2.24) is 14.9 Å². The van der Waals surface area contributed by atoms with E-state index in [2.05, 4.69) is 27.4 Å². The fraction of sp³-hybridized carbons (Fsp3) is 0.500. The molecule has 1 fully saturated rings. The Labute approximate surface area is 112 Å². The van der Waals surface area contributed by atoms with Crippen molar-refractivity contribution in [2.24, 2.45) is 5.92 Å². The summed E-state index contributed by atoms with van der Waals surface area (Å²) in [5.74, 6) is 1.13. The summed E-state index contributed by atoms with van der Waals surface area (Å²) in [7, 11) is 0. The van der Waals surface area contributed by atoms with Crippen LogP contribution in [0.1, 0.15) is 19.3 Å². The quantitative estimate of drug-likeness (QED) is 0.834. The van der Waals surface area contributed by atoms with E-state index in [9.17, 15) is 4.79 Å². The number of rotatable bonds is 3. The van der Waals surface area contributed by atoms with Gasteiger partial charge >= 0.3 is 0 Å². The van der Waals surface area contributed by atoms with Crippen molar-refractivity contribution in [2.45, 2.75) is 25.3 Å². The molecule has 1 amide bonds. The van der Waals surface area contributed by atoms with E-state index in [-0.39, 0.29) is 12.0 Å². The third-order valence-electron chi connectivity index (χ3n) is 3.71. The van der Waals surface area contributed by atoms with Gasteiger partial charge in [-0.15, -0.1) is 0 Å². The highest BCUT2D eigenvalue weighted by atomic mass is 16.2. The zero-order valence-corrected chi connectivity index (χ0v) is 10.8. The number of carbonyl (C=O) groups is 1. The molecule has 1 aromatic rings. The minimum atomic E-state index is 0.193. The van der Waals surface area contributed by atoms with E-state index in [4.69, 9.17) is 0 Å². The van der Waals surface area contributed by atoms with Gasteiger partial charge in [0.05, 0.1) is 6.04 Å². The van der Waals surface area contributed by atoms with E-state index in [1.54, 1.807) is 18.5 Å². The first-order valence-corrected chi connectivity index (χ1v) is 6.80. The van der Waals surface area contributed by atoms with Gasteiger partial charge in [0.2, 0.25) is 11.9 Å². The molecule has 19 heavy (non-hydrogen) atoms. The number of likely N-dealkylation sites (tertiary alicyclic amines) is 1. The summed E-state index contributed by atoms with van der Waals surface area (Å²) in [6.07, 6.45) is 10.6. The van der Waals surface area contributed by atoms with Crippen molar-refractivity contribution in [2.75, 3.05) is 18.4 Å². The fourth-order valence-electron chi connectivity index (χ4n) is 2.58. The Morgan fingerprint density at radius 3 is 2.74 bits per heavy atom. The van der Waals surface area contributed by atoms with Gasteiger partial charge in [-0.2, -0.15) is 0 Å². The third-order valence-corrected chi connectivity index (χ3v) is 3.71. The molecule has 1 aliphatic heterocycles. The van der Waals surface area contributed by atoms with Gasteiger partial charge in [0.15, 0.2) is 0 Å². The predicted molar refractivity (Wildman–Crippen MR) is 72.5 cm³/mol. The van der Waals surface area contributed by atoms with E-state index in [1.165, 1.54) is 0 Å². The van der Waals surface area contributed by atoms with Gasteiger partial charge in [-0.1, -0.05) is 12.2 Å². The molecule has 5 heteroatoms. The monoisotopic (exact) mass is 258 g/mol. The van der Waals surface area contributed by atoms with Gasteiger partial charge in [-0.3, -0.25) is 4.79 Å². The van der Waals surface area contributed by atoms with Crippen LogP contribution in [-0.2, 0) is 4.79 Å². The highest BCUT2D eigenvalue weighted by molar-refractivity contribution is 5.80. The highest BCUT2D eigenvalue weighted by Gasteiger charge is 2.34. The van der Waals surface area contributed by atoms with Crippen LogP contribution in [0.3, 0.4) is 0 Å². The molecule has 0 radical (unpaired) electrons. The molecule has 1 aromatic heterocycles. The molecule has 0 bridgehead atoms. The number of nitrogens with zero attached hydrogens (tertiary/aromatic N) is 3. The average Bonchev–Trinajstić information content (AvgIpc) is 2.44. The third kappa shape index (κ3) is 2.75. The number of amides is 1. The number of hydrogen-bond acceptors (Lipinski definition) is 4. The molecule has 2 aliphatic rings. The van der Waals surface area contributed by atoms with Crippen molar-refractivity contribution in [1.29, 1.82) is 0 Å². The van der Waals surface area contributed by atoms with Crippen molar-refractivity contribution in [3.63, 3.8) is 0 Å². The van der Waals surface area contributed by atoms with Gasteiger partial charge in [0, 0.05) is 31.4 Å². The van der Waals surface area contributed by atoms with Crippen LogP contribution in [0, 0.1) is 5.92 Å². The molecular formula is C14H18N4O. The SMILES string of the molecule is O=C([C@H]1CC=CCC1)N1CC(Nc2ncccn2)C1. The standard InChI is InChI=1S/C14H18N4O/c19-13(11-5-2-1-3-6-11)18-9-12(10-18)17-14-15-7-4-8-16-14/h1-2,4,7-8,11-12H,3,5-6,9-10H2,(H,15,16,17)/t11-/m0/s1. The van der Waals surface area contributed by atoms with Crippen LogP contribution in [0.5, 0.6) is 0 Å². The van der Waals surface area contributed by atoms with Gasteiger partial charge in [0.25, 0.3) is 0 Å². The second kappa shape index (κ2) is 5.38. The number of carbonyl (C=O) groups excluding carboxylic acids is 1. The molecule has 0 saturated carbocycles. The maximum absolute atomic E-state index is 12.2. The summed E-state index contributed by atoms with van der Waals surface area (Å²) >= 11 is 0. The predicted octanol–water partition coefficient (Wildman–Crippen LogP) is 1.46. The molecule has 3 rings (SSSR count). The summed E-state index contributed by atoms with van der Waals surface area (Å²) in [5.41, 5.74) is 0. The lowest BCUT2D eigenvalue weighted by Crippen LogP contribution is -2.58. The molecular weight excluding hydrogens is 240 g/mol. The van der Waals surface area contributed by atoms with Crippen LogP contribution in [0.2, 0.25) is 0 Å². The van der Waals surface area contributed by atoms with E-state index in [1.807, 2.05) is 4.90 Å². The highest BCUT2D eigenvalue weighted by Crippen LogP contribution is 2.23. The lowest BCUT2D eigenvalue weighted by molar-refractivity contribution is -0.139. The first-order chi connectivity index (χ1) is 9.33. The van der Waals surface area contributed by atoms with Gasteiger partial charge in [-0.25, -0.2) is 9.97 Å². The van der Waals surface area contributed by atoms with Crippen LogP contribution in [0.25, 0.3) is 0 Å². The summed E-state index contributed by atoms with van der Waals surface area (Å²) in [6, 6.07) is 2.07. The molecule has 1 saturated heterocycles. The smallest absolute Gasteiger partial charge is 0.226 e. The van der Waals surface area contributed by atoms with Crippen LogP contribution < -0.4 is 5.32 Å². The number of aromatic nitrogens is 2. The second-order valence-electron chi connectivity index (χ2n) is 5.14. The minimum absolute atomic E-state index is 0.193. The number of hydrogen-bond donors (Lipinski definition) is 1. The molecule has 2 heterocycles. The summed E-state index contributed by atoms with van der Waals surface area (Å²) in [6.45, 7) is 1.52. The lowest BCUT2D eigenvalue weighted by Gasteiger charge is -2.41. The molecule has 100 valence electrons. The Morgan fingerprint density at radius 2 is 2.05 bits per heavy atom. The molecule has 0 aromatic carbocycles. The summed E-state index contributed by atoms with van der Waals surface area (Å²) in [4.78, 5) is 22.4.